The van der Waals surface area contributed by atoms with E-state index in [4.69, 9.17) is 0 Å². The van der Waals surface area contributed by atoms with Gasteiger partial charge in [-0.3, -0.25) is 0 Å². The van der Waals surface area contributed by atoms with E-state index in [1.54, 1.807) is 0 Å². The van der Waals surface area contributed by atoms with Crippen LogP contribution in [0.2, 0.25) is 0 Å². The van der Waals surface area contributed by atoms with Crippen LogP contribution < -0.4 is 0 Å². The molecular weight excluding hydrogens is 220 g/mol. The van der Waals surface area contributed by atoms with Gasteiger partial charge in [0.1, 0.15) is 0 Å². The maximum absolute atomic E-state index is 10.8. The lowest BCUT2D eigenvalue weighted by atomic mass is 9.71. The van der Waals surface area contributed by atoms with E-state index in [2.05, 4.69) is 44.2 Å². The van der Waals surface area contributed by atoms with E-state index in [0.29, 0.717) is 5.92 Å². The molecule has 2 rings (SSSR count). The lowest BCUT2D eigenvalue weighted by Gasteiger charge is -2.36. The van der Waals surface area contributed by atoms with Gasteiger partial charge < -0.3 is 5.11 Å². The molecule has 1 aliphatic rings. The average Bonchev–Trinajstić information content (AvgIpc) is 2.90. The van der Waals surface area contributed by atoms with E-state index < -0.39 is 0 Å². The summed E-state index contributed by atoms with van der Waals surface area (Å²) in [6.45, 7) is 4.46. The third kappa shape index (κ3) is 2.61. The number of benzene rings is 1. The second-order valence-electron chi connectivity index (χ2n) is 5.99. The van der Waals surface area contributed by atoms with E-state index >= 15 is 0 Å². The van der Waals surface area contributed by atoms with Crippen LogP contribution in [-0.4, -0.2) is 11.2 Å². The number of hydrogen-bond acceptors (Lipinski definition) is 1. The molecule has 0 amide bonds. The normalized spacial score (nSPS) is 21.7. The molecular formula is C17H26O. The molecule has 1 N–H and O–H groups in total. The maximum atomic E-state index is 10.8. The van der Waals surface area contributed by atoms with Crippen LogP contribution in [0.3, 0.4) is 0 Å². The largest absolute Gasteiger partial charge is 0.392 e. The summed E-state index contributed by atoms with van der Waals surface area (Å²) in [6.07, 6.45) is 6.72. The second kappa shape index (κ2) is 5.88. The first-order valence-electron chi connectivity index (χ1n) is 7.42. The van der Waals surface area contributed by atoms with Crippen molar-refractivity contribution in [3.8, 4) is 0 Å². The van der Waals surface area contributed by atoms with Crippen molar-refractivity contribution in [2.45, 2.75) is 63.9 Å². The number of hydrogen-bond donors (Lipinski definition) is 1. The molecule has 100 valence electrons. The van der Waals surface area contributed by atoms with Crippen molar-refractivity contribution in [3.63, 3.8) is 0 Å². The van der Waals surface area contributed by atoms with Crippen LogP contribution >= 0.6 is 0 Å². The summed E-state index contributed by atoms with van der Waals surface area (Å²) in [4.78, 5) is 0. The van der Waals surface area contributed by atoms with E-state index in [0.717, 1.165) is 25.7 Å². The molecule has 0 saturated heterocycles. The molecule has 0 aromatic heterocycles. The Balaban J connectivity index is 2.22. The van der Waals surface area contributed by atoms with Crippen molar-refractivity contribution in [1.29, 1.82) is 0 Å². The molecule has 0 heterocycles. The molecule has 1 aliphatic carbocycles. The fourth-order valence-electron chi connectivity index (χ4n) is 3.36. The molecule has 0 spiro atoms. The summed E-state index contributed by atoms with van der Waals surface area (Å²) in [5.41, 5.74) is 1.38. The molecule has 2 atom stereocenters. The van der Waals surface area contributed by atoms with Crippen LogP contribution in [0.1, 0.15) is 57.9 Å². The highest BCUT2D eigenvalue weighted by molar-refractivity contribution is 5.28. The van der Waals surface area contributed by atoms with Gasteiger partial charge in [0, 0.05) is 5.41 Å². The van der Waals surface area contributed by atoms with E-state index in [1.165, 1.54) is 18.4 Å². The van der Waals surface area contributed by atoms with Crippen LogP contribution in [-0.2, 0) is 5.41 Å². The summed E-state index contributed by atoms with van der Waals surface area (Å²) in [5, 5.41) is 10.8. The van der Waals surface area contributed by atoms with Crippen LogP contribution in [0, 0.1) is 5.92 Å². The van der Waals surface area contributed by atoms with Crippen molar-refractivity contribution in [3.05, 3.63) is 35.9 Å². The minimum absolute atomic E-state index is 0.0324. The SMILES string of the molecule is CCC(C)CC(O)C1(c2ccccc2)CCCC1. The zero-order valence-electron chi connectivity index (χ0n) is 11.7. The minimum atomic E-state index is -0.183. The summed E-state index contributed by atoms with van der Waals surface area (Å²) < 4.78 is 0. The Hall–Kier alpha value is -0.820. The van der Waals surface area contributed by atoms with Crippen LogP contribution in [0.4, 0.5) is 0 Å². The molecule has 0 bridgehead atoms. The average molecular weight is 246 g/mol. The maximum Gasteiger partial charge on any atom is 0.0639 e. The van der Waals surface area contributed by atoms with Crippen LogP contribution in [0.15, 0.2) is 30.3 Å². The molecule has 1 aromatic rings. The molecule has 1 heteroatoms. The van der Waals surface area contributed by atoms with Gasteiger partial charge in [0.2, 0.25) is 0 Å². The van der Waals surface area contributed by atoms with E-state index in [-0.39, 0.29) is 11.5 Å². The Morgan fingerprint density at radius 2 is 1.78 bits per heavy atom. The van der Waals surface area contributed by atoms with E-state index in [1.807, 2.05) is 0 Å². The third-order valence-electron chi connectivity index (χ3n) is 4.80. The number of rotatable bonds is 5. The summed E-state index contributed by atoms with van der Waals surface area (Å²) in [7, 11) is 0. The predicted octanol–water partition coefficient (Wildman–Crippen LogP) is 4.30. The van der Waals surface area contributed by atoms with E-state index in [9.17, 15) is 5.11 Å². The number of aliphatic hydroxyl groups excluding tert-OH is 1. The Bertz CT molecular complexity index is 351. The Kier molecular flexibility index (Phi) is 4.45. The third-order valence-corrected chi connectivity index (χ3v) is 4.80. The van der Waals surface area contributed by atoms with Gasteiger partial charge in [-0.2, -0.15) is 0 Å². The molecule has 1 saturated carbocycles. The van der Waals surface area contributed by atoms with Crippen molar-refractivity contribution in [2.24, 2.45) is 5.92 Å². The first kappa shape index (κ1) is 13.6. The van der Waals surface area contributed by atoms with Gasteiger partial charge in [0.15, 0.2) is 0 Å². The first-order valence-corrected chi connectivity index (χ1v) is 7.42. The van der Waals surface area contributed by atoms with Gasteiger partial charge in [-0.1, -0.05) is 63.4 Å². The fraction of sp³-hybridized carbons (Fsp3) is 0.647. The molecule has 0 aliphatic heterocycles. The summed E-state index contributed by atoms with van der Waals surface area (Å²) in [6, 6.07) is 10.7. The van der Waals surface area contributed by atoms with Gasteiger partial charge in [-0.15, -0.1) is 0 Å². The van der Waals surface area contributed by atoms with Crippen LogP contribution in [0.25, 0.3) is 0 Å². The molecule has 0 radical (unpaired) electrons. The highest BCUT2D eigenvalue weighted by Gasteiger charge is 2.42. The molecule has 1 nitrogen and oxygen atoms in total. The highest BCUT2D eigenvalue weighted by atomic mass is 16.3. The number of aliphatic hydroxyl groups is 1. The smallest absolute Gasteiger partial charge is 0.0639 e. The lowest BCUT2D eigenvalue weighted by Crippen LogP contribution is -2.38. The van der Waals surface area contributed by atoms with Gasteiger partial charge in [0.25, 0.3) is 0 Å². The van der Waals surface area contributed by atoms with Crippen molar-refractivity contribution in [2.75, 3.05) is 0 Å². The quantitative estimate of drug-likeness (QED) is 0.821. The molecule has 1 aromatic carbocycles. The minimum Gasteiger partial charge on any atom is -0.392 e. The Morgan fingerprint density at radius 3 is 2.33 bits per heavy atom. The first-order chi connectivity index (χ1) is 8.69. The Labute approximate surface area is 111 Å². The lowest BCUT2D eigenvalue weighted by molar-refractivity contribution is 0.0605. The fourth-order valence-corrected chi connectivity index (χ4v) is 3.36. The van der Waals surface area contributed by atoms with Crippen molar-refractivity contribution >= 4 is 0 Å². The van der Waals surface area contributed by atoms with Gasteiger partial charge in [-0.25, -0.2) is 0 Å². The summed E-state index contributed by atoms with van der Waals surface area (Å²) in [5.74, 6) is 0.612. The molecule has 18 heavy (non-hydrogen) atoms. The molecule has 1 fully saturated rings. The second-order valence-corrected chi connectivity index (χ2v) is 5.99. The van der Waals surface area contributed by atoms with Crippen LogP contribution in [0.5, 0.6) is 0 Å². The van der Waals surface area contributed by atoms with Crippen molar-refractivity contribution < 1.29 is 5.11 Å². The monoisotopic (exact) mass is 246 g/mol. The molecule has 2 unspecified atom stereocenters. The Morgan fingerprint density at radius 1 is 1.17 bits per heavy atom. The standard InChI is InChI=1S/C17H26O/c1-3-14(2)13-16(18)17(11-7-8-12-17)15-9-5-4-6-10-15/h4-6,9-10,14,16,18H,3,7-8,11-13H2,1-2H3. The zero-order valence-corrected chi connectivity index (χ0v) is 11.7. The van der Waals surface area contributed by atoms with Gasteiger partial charge >= 0.3 is 0 Å². The predicted molar refractivity (Wildman–Crippen MR) is 76.7 cm³/mol. The summed E-state index contributed by atoms with van der Waals surface area (Å²) >= 11 is 0. The highest BCUT2D eigenvalue weighted by Crippen LogP contribution is 2.45. The van der Waals surface area contributed by atoms with Crippen molar-refractivity contribution in [1.82, 2.24) is 0 Å². The van der Waals surface area contributed by atoms with Gasteiger partial charge in [-0.05, 0) is 30.7 Å². The zero-order chi connectivity index (χ0) is 13.0. The topological polar surface area (TPSA) is 20.2 Å². The van der Waals surface area contributed by atoms with Gasteiger partial charge in [0.05, 0.1) is 6.10 Å².